The molecule has 0 radical (unpaired) electrons. The molecule has 4 heteroatoms. The minimum Gasteiger partial charge on any atom is -0.466 e. The summed E-state index contributed by atoms with van der Waals surface area (Å²) in [5, 5.41) is 0. The van der Waals surface area contributed by atoms with E-state index in [1.165, 1.54) is 13.2 Å². The summed E-state index contributed by atoms with van der Waals surface area (Å²) in [6, 6.07) is 0. The molecule has 0 aromatic rings. The molecule has 17 heavy (non-hydrogen) atoms. The van der Waals surface area contributed by atoms with E-state index in [4.69, 9.17) is 4.74 Å². The lowest BCUT2D eigenvalue weighted by Gasteiger charge is -2.20. The first-order valence-corrected chi connectivity index (χ1v) is 5.76. The summed E-state index contributed by atoms with van der Waals surface area (Å²) in [5.41, 5.74) is -0.471. The Labute approximate surface area is 103 Å². The molecule has 0 N–H and O–H groups in total. The second-order valence-corrected chi connectivity index (χ2v) is 4.84. The first kappa shape index (κ1) is 15.7. The maximum atomic E-state index is 11.6. The molecule has 0 spiro atoms. The molecular formula is C13H22O4. The second-order valence-electron chi connectivity index (χ2n) is 4.84. The molecule has 0 unspecified atom stereocenters. The van der Waals surface area contributed by atoms with Gasteiger partial charge in [-0.1, -0.05) is 13.0 Å². The van der Waals surface area contributed by atoms with Crippen molar-refractivity contribution < 1.29 is 19.1 Å². The number of rotatable bonds is 5. The van der Waals surface area contributed by atoms with Gasteiger partial charge in [-0.3, -0.25) is 4.79 Å². The molecule has 0 rings (SSSR count). The van der Waals surface area contributed by atoms with Crippen LogP contribution in [0.15, 0.2) is 12.2 Å². The molecule has 98 valence electrons. The van der Waals surface area contributed by atoms with E-state index in [9.17, 15) is 9.59 Å². The molecule has 0 aromatic heterocycles. The highest BCUT2D eigenvalue weighted by molar-refractivity contribution is 5.82. The van der Waals surface area contributed by atoms with Gasteiger partial charge in [-0.15, -0.1) is 0 Å². The van der Waals surface area contributed by atoms with Gasteiger partial charge in [0.05, 0.1) is 13.5 Å². The lowest BCUT2D eigenvalue weighted by atomic mass is 10.0. The standard InChI is InChI=1S/C13H22O4/c1-6-10(7-8-11(14)16-5)9-12(15)17-13(2,3)4/h7-8,10H,6,9H2,1-5H3/b8-7+/t10-/m0/s1. The van der Waals surface area contributed by atoms with E-state index in [1.54, 1.807) is 6.08 Å². The zero-order chi connectivity index (χ0) is 13.5. The van der Waals surface area contributed by atoms with Gasteiger partial charge in [-0.25, -0.2) is 4.79 Å². The lowest BCUT2D eigenvalue weighted by Crippen LogP contribution is -2.25. The number of allylic oxidation sites excluding steroid dienone is 1. The topological polar surface area (TPSA) is 52.6 Å². The summed E-state index contributed by atoms with van der Waals surface area (Å²) >= 11 is 0. The summed E-state index contributed by atoms with van der Waals surface area (Å²) in [4.78, 5) is 22.5. The van der Waals surface area contributed by atoms with Crippen molar-refractivity contribution in [3.05, 3.63) is 12.2 Å². The first-order chi connectivity index (χ1) is 7.78. The highest BCUT2D eigenvalue weighted by Crippen LogP contribution is 2.15. The minimum atomic E-state index is -0.471. The van der Waals surface area contributed by atoms with Crippen LogP contribution in [0.4, 0.5) is 0 Å². The van der Waals surface area contributed by atoms with Crippen LogP contribution in [-0.4, -0.2) is 24.6 Å². The van der Waals surface area contributed by atoms with Crippen molar-refractivity contribution in [1.82, 2.24) is 0 Å². The molecule has 0 heterocycles. The number of ether oxygens (including phenoxy) is 2. The molecule has 1 atom stereocenters. The Balaban J connectivity index is 4.27. The Bertz CT molecular complexity index is 286. The van der Waals surface area contributed by atoms with Crippen LogP contribution in [-0.2, 0) is 19.1 Å². The Kier molecular flexibility index (Phi) is 6.54. The predicted octanol–water partition coefficient (Wildman–Crippen LogP) is 2.47. The number of methoxy groups -OCH3 is 1. The van der Waals surface area contributed by atoms with Crippen molar-refractivity contribution in [1.29, 1.82) is 0 Å². The summed E-state index contributed by atoms with van der Waals surface area (Å²) in [6.07, 6.45) is 4.09. The third kappa shape index (κ3) is 8.48. The summed E-state index contributed by atoms with van der Waals surface area (Å²) in [5.74, 6) is -0.657. The molecule has 0 aliphatic rings. The lowest BCUT2D eigenvalue weighted by molar-refractivity contribution is -0.155. The fourth-order valence-corrected chi connectivity index (χ4v) is 1.23. The van der Waals surface area contributed by atoms with Gasteiger partial charge in [0.15, 0.2) is 0 Å². The molecule has 0 amide bonds. The summed E-state index contributed by atoms with van der Waals surface area (Å²) in [6.45, 7) is 7.44. The van der Waals surface area contributed by atoms with Crippen LogP contribution >= 0.6 is 0 Å². The van der Waals surface area contributed by atoms with Crippen LogP contribution in [0.1, 0.15) is 40.5 Å². The number of hydrogen-bond donors (Lipinski definition) is 0. The van der Waals surface area contributed by atoms with Gasteiger partial charge in [0.1, 0.15) is 5.60 Å². The largest absolute Gasteiger partial charge is 0.466 e. The van der Waals surface area contributed by atoms with Crippen LogP contribution in [0.3, 0.4) is 0 Å². The summed E-state index contributed by atoms with van der Waals surface area (Å²) in [7, 11) is 1.32. The molecule has 0 fully saturated rings. The van der Waals surface area contributed by atoms with Crippen LogP contribution in [0.5, 0.6) is 0 Å². The summed E-state index contributed by atoms with van der Waals surface area (Å²) < 4.78 is 9.70. The van der Waals surface area contributed by atoms with Gasteiger partial charge in [-0.05, 0) is 33.1 Å². The molecule has 4 nitrogen and oxygen atoms in total. The monoisotopic (exact) mass is 242 g/mol. The van der Waals surface area contributed by atoms with Crippen molar-refractivity contribution in [2.45, 2.75) is 46.1 Å². The van der Waals surface area contributed by atoms with E-state index in [0.29, 0.717) is 0 Å². The molecule has 0 aliphatic heterocycles. The molecular weight excluding hydrogens is 220 g/mol. The molecule has 0 aromatic carbocycles. The fraction of sp³-hybridized carbons (Fsp3) is 0.692. The van der Waals surface area contributed by atoms with E-state index in [1.807, 2.05) is 27.7 Å². The molecule has 0 saturated carbocycles. The van der Waals surface area contributed by atoms with E-state index in [0.717, 1.165) is 6.42 Å². The number of carbonyl (C=O) groups is 2. The second kappa shape index (κ2) is 7.09. The smallest absolute Gasteiger partial charge is 0.330 e. The Morgan fingerprint density at radius 1 is 1.29 bits per heavy atom. The van der Waals surface area contributed by atoms with Crippen molar-refractivity contribution >= 4 is 11.9 Å². The average Bonchev–Trinajstić information content (AvgIpc) is 2.20. The first-order valence-electron chi connectivity index (χ1n) is 5.76. The van der Waals surface area contributed by atoms with Gasteiger partial charge in [0, 0.05) is 6.08 Å². The number of hydrogen-bond acceptors (Lipinski definition) is 4. The van der Waals surface area contributed by atoms with Gasteiger partial charge < -0.3 is 9.47 Å². The quantitative estimate of drug-likeness (QED) is 0.549. The van der Waals surface area contributed by atoms with Gasteiger partial charge in [0.2, 0.25) is 0 Å². The normalized spacial score (nSPS) is 13.5. The Morgan fingerprint density at radius 2 is 1.88 bits per heavy atom. The van der Waals surface area contributed by atoms with Gasteiger partial charge in [-0.2, -0.15) is 0 Å². The number of carbonyl (C=O) groups excluding carboxylic acids is 2. The third-order valence-corrected chi connectivity index (χ3v) is 2.08. The molecule has 0 saturated heterocycles. The van der Waals surface area contributed by atoms with Gasteiger partial charge >= 0.3 is 11.9 Å². The van der Waals surface area contributed by atoms with E-state index >= 15 is 0 Å². The highest BCUT2D eigenvalue weighted by Gasteiger charge is 2.18. The van der Waals surface area contributed by atoms with Crippen LogP contribution in [0.25, 0.3) is 0 Å². The Morgan fingerprint density at radius 3 is 2.29 bits per heavy atom. The van der Waals surface area contributed by atoms with Crippen LogP contribution in [0.2, 0.25) is 0 Å². The predicted molar refractivity (Wildman–Crippen MR) is 65.4 cm³/mol. The number of esters is 2. The third-order valence-electron chi connectivity index (χ3n) is 2.08. The van der Waals surface area contributed by atoms with Crippen molar-refractivity contribution in [3.8, 4) is 0 Å². The van der Waals surface area contributed by atoms with Crippen molar-refractivity contribution in [2.24, 2.45) is 5.92 Å². The zero-order valence-corrected chi connectivity index (χ0v) is 11.3. The molecule has 0 aliphatic carbocycles. The zero-order valence-electron chi connectivity index (χ0n) is 11.3. The van der Waals surface area contributed by atoms with Crippen molar-refractivity contribution in [3.63, 3.8) is 0 Å². The van der Waals surface area contributed by atoms with Crippen LogP contribution < -0.4 is 0 Å². The fourth-order valence-electron chi connectivity index (χ4n) is 1.23. The highest BCUT2D eigenvalue weighted by atomic mass is 16.6. The SMILES string of the molecule is CC[C@@H](/C=C/C(=O)OC)CC(=O)OC(C)(C)C. The van der Waals surface area contributed by atoms with Crippen molar-refractivity contribution in [2.75, 3.05) is 7.11 Å². The maximum absolute atomic E-state index is 11.6. The van der Waals surface area contributed by atoms with E-state index in [-0.39, 0.29) is 18.3 Å². The van der Waals surface area contributed by atoms with E-state index in [2.05, 4.69) is 4.74 Å². The molecule has 0 bridgehead atoms. The average molecular weight is 242 g/mol. The van der Waals surface area contributed by atoms with Gasteiger partial charge in [0.25, 0.3) is 0 Å². The minimum absolute atomic E-state index is 0.00366. The van der Waals surface area contributed by atoms with E-state index < -0.39 is 11.6 Å². The van der Waals surface area contributed by atoms with Crippen LogP contribution in [0, 0.1) is 5.92 Å². The Hall–Kier alpha value is -1.32. The maximum Gasteiger partial charge on any atom is 0.330 e.